The first-order valence-electron chi connectivity index (χ1n) is 8.78. The fraction of sp³-hybridized carbons (Fsp3) is 0.350. The molecule has 1 heterocycles. The molecule has 5 nitrogen and oxygen atoms in total. The average molecular weight is 405 g/mol. The molecule has 0 saturated heterocycles. The van der Waals surface area contributed by atoms with Gasteiger partial charge in [0.2, 0.25) is 5.91 Å². The van der Waals surface area contributed by atoms with E-state index in [1.807, 2.05) is 49.4 Å². The van der Waals surface area contributed by atoms with Crippen molar-refractivity contribution in [2.75, 3.05) is 31.0 Å². The van der Waals surface area contributed by atoms with Crippen molar-refractivity contribution in [3.63, 3.8) is 0 Å². The van der Waals surface area contributed by atoms with Crippen molar-refractivity contribution in [2.24, 2.45) is 5.92 Å². The van der Waals surface area contributed by atoms with Crippen LogP contribution in [0.1, 0.15) is 6.92 Å². The van der Waals surface area contributed by atoms with Gasteiger partial charge in [0.15, 0.2) is 0 Å². The predicted octanol–water partition coefficient (Wildman–Crippen LogP) is 3.68. The molecule has 0 unspecified atom stereocenters. The molecule has 2 aromatic rings. The van der Waals surface area contributed by atoms with Crippen molar-refractivity contribution in [3.05, 3.63) is 42.5 Å². The van der Waals surface area contributed by atoms with Crippen LogP contribution in [0, 0.1) is 5.92 Å². The summed E-state index contributed by atoms with van der Waals surface area (Å²) in [6.07, 6.45) is 0. The van der Waals surface area contributed by atoms with Gasteiger partial charge in [-0.25, -0.2) is 0 Å². The Labute approximate surface area is 168 Å². The summed E-state index contributed by atoms with van der Waals surface area (Å²) in [5, 5.41) is 3.11. The molecule has 1 aliphatic rings. The molecular weight excluding hydrogens is 380 g/mol. The molecule has 0 fully saturated rings. The summed E-state index contributed by atoms with van der Waals surface area (Å²) in [5.41, 5.74) is 6.71. The number of methoxy groups -OCH3 is 1. The summed E-state index contributed by atoms with van der Waals surface area (Å²) in [5.74, 6) is 2.87. The molecule has 0 aliphatic carbocycles. The van der Waals surface area contributed by atoms with Crippen LogP contribution in [0.25, 0.3) is 0 Å². The molecule has 0 saturated carbocycles. The summed E-state index contributed by atoms with van der Waals surface area (Å²) in [6, 6.07) is 13.6. The SMILES string of the molecule is COc1cccc(SC[C@@H](C)C(=O)N[C@@H]2COc3ccccc3SC2)c1N. The van der Waals surface area contributed by atoms with E-state index in [9.17, 15) is 4.79 Å². The molecule has 2 atom stereocenters. The van der Waals surface area contributed by atoms with Gasteiger partial charge >= 0.3 is 0 Å². The number of nitrogen functional groups attached to an aromatic ring is 1. The predicted molar refractivity (Wildman–Crippen MR) is 112 cm³/mol. The second-order valence-electron chi connectivity index (χ2n) is 6.36. The number of rotatable bonds is 6. The number of nitrogens with one attached hydrogen (secondary N) is 1. The van der Waals surface area contributed by atoms with Crippen LogP contribution in [0.5, 0.6) is 11.5 Å². The highest BCUT2D eigenvalue weighted by Crippen LogP contribution is 2.34. The van der Waals surface area contributed by atoms with Gasteiger partial charge in [-0.15, -0.1) is 23.5 Å². The average Bonchev–Trinajstić information content (AvgIpc) is 2.89. The van der Waals surface area contributed by atoms with E-state index in [0.29, 0.717) is 23.8 Å². The molecule has 0 bridgehead atoms. The van der Waals surface area contributed by atoms with Gasteiger partial charge in [-0.3, -0.25) is 4.79 Å². The van der Waals surface area contributed by atoms with Gasteiger partial charge in [0.1, 0.15) is 18.1 Å². The summed E-state index contributed by atoms with van der Waals surface area (Å²) in [6.45, 7) is 2.41. The molecular formula is C20H24N2O3S2. The molecule has 3 rings (SSSR count). The van der Waals surface area contributed by atoms with E-state index in [4.69, 9.17) is 15.2 Å². The molecule has 144 valence electrons. The fourth-order valence-electron chi connectivity index (χ4n) is 2.66. The van der Waals surface area contributed by atoms with E-state index >= 15 is 0 Å². The van der Waals surface area contributed by atoms with E-state index in [0.717, 1.165) is 21.3 Å². The van der Waals surface area contributed by atoms with Crippen LogP contribution in [0.2, 0.25) is 0 Å². The molecule has 0 radical (unpaired) electrons. The van der Waals surface area contributed by atoms with E-state index in [-0.39, 0.29) is 17.9 Å². The number of ether oxygens (including phenoxy) is 2. The summed E-state index contributed by atoms with van der Waals surface area (Å²) >= 11 is 3.28. The summed E-state index contributed by atoms with van der Waals surface area (Å²) in [7, 11) is 1.60. The third-order valence-corrected chi connectivity index (χ3v) is 6.81. The topological polar surface area (TPSA) is 73.6 Å². The minimum absolute atomic E-state index is 0.00996. The number of para-hydroxylation sites is 2. The molecule has 0 aromatic heterocycles. The Kier molecular flexibility index (Phi) is 6.79. The van der Waals surface area contributed by atoms with E-state index in [1.165, 1.54) is 0 Å². The Morgan fingerprint density at radius 1 is 1.37 bits per heavy atom. The van der Waals surface area contributed by atoms with Crippen LogP contribution < -0.4 is 20.5 Å². The Hall–Kier alpha value is -1.99. The highest BCUT2D eigenvalue weighted by molar-refractivity contribution is 7.99. The molecule has 1 amide bonds. The van der Waals surface area contributed by atoms with Gasteiger partial charge in [0.25, 0.3) is 0 Å². The number of hydrogen-bond donors (Lipinski definition) is 2. The normalized spacial score (nSPS) is 17.2. The maximum atomic E-state index is 12.6. The molecule has 0 spiro atoms. The quantitative estimate of drug-likeness (QED) is 0.565. The Morgan fingerprint density at radius 3 is 3.00 bits per heavy atom. The molecule has 1 aliphatic heterocycles. The van der Waals surface area contributed by atoms with E-state index in [1.54, 1.807) is 30.6 Å². The first kappa shape index (κ1) is 19.8. The van der Waals surface area contributed by atoms with Crippen molar-refractivity contribution in [3.8, 4) is 11.5 Å². The van der Waals surface area contributed by atoms with Gasteiger partial charge in [0, 0.05) is 27.2 Å². The van der Waals surface area contributed by atoms with Gasteiger partial charge in [-0.05, 0) is 24.3 Å². The minimum atomic E-state index is -0.142. The number of anilines is 1. The van der Waals surface area contributed by atoms with E-state index in [2.05, 4.69) is 5.32 Å². The Balaban J connectivity index is 1.51. The number of hydrogen-bond acceptors (Lipinski definition) is 6. The van der Waals surface area contributed by atoms with Gasteiger partial charge < -0.3 is 20.5 Å². The highest BCUT2D eigenvalue weighted by atomic mass is 32.2. The number of nitrogens with two attached hydrogens (primary N) is 1. The van der Waals surface area contributed by atoms with Crippen molar-refractivity contribution in [1.82, 2.24) is 5.32 Å². The largest absolute Gasteiger partial charge is 0.495 e. The Bertz CT molecular complexity index is 774. The summed E-state index contributed by atoms with van der Waals surface area (Å²) in [4.78, 5) is 14.6. The van der Waals surface area contributed by atoms with Crippen LogP contribution in [-0.4, -0.2) is 37.2 Å². The van der Waals surface area contributed by atoms with Crippen molar-refractivity contribution < 1.29 is 14.3 Å². The molecule has 2 aromatic carbocycles. The lowest BCUT2D eigenvalue weighted by Crippen LogP contribution is -2.43. The first-order valence-corrected chi connectivity index (χ1v) is 10.8. The lowest BCUT2D eigenvalue weighted by Gasteiger charge is -2.19. The van der Waals surface area contributed by atoms with Crippen molar-refractivity contribution in [1.29, 1.82) is 0 Å². The van der Waals surface area contributed by atoms with Crippen LogP contribution in [0.15, 0.2) is 52.3 Å². The van der Waals surface area contributed by atoms with Gasteiger partial charge in [-0.1, -0.05) is 25.1 Å². The number of carbonyl (C=O) groups is 1. The zero-order valence-electron chi connectivity index (χ0n) is 15.4. The zero-order chi connectivity index (χ0) is 19.2. The standard InChI is InChI=1S/C20H24N2O3S2/c1-13(11-26-18-9-5-7-16(24-2)19(18)21)20(23)22-14-10-25-15-6-3-4-8-17(15)27-12-14/h3-9,13-14H,10-12,21H2,1-2H3,(H,22,23)/t13-,14-/m1/s1. The van der Waals surface area contributed by atoms with Crippen LogP contribution in [0.4, 0.5) is 5.69 Å². The second kappa shape index (κ2) is 9.28. The lowest BCUT2D eigenvalue weighted by atomic mass is 10.2. The van der Waals surface area contributed by atoms with Crippen LogP contribution in [0.3, 0.4) is 0 Å². The third kappa shape index (κ3) is 5.05. The fourth-order valence-corrected chi connectivity index (χ4v) is 4.68. The minimum Gasteiger partial charge on any atom is -0.495 e. The summed E-state index contributed by atoms with van der Waals surface area (Å²) < 4.78 is 11.1. The first-order chi connectivity index (χ1) is 13.1. The second-order valence-corrected chi connectivity index (χ2v) is 8.48. The molecule has 3 N–H and O–H groups in total. The van der Waals surface area contributed by atoms with Crippen LogP contribution >= 0.6 is 23.5 Å². The third-order valence-electron chi connectivity index (χ3n) is 4.26. The van der Waals surface area contributed by atoms with Crippen molar-refractivity contribution >= 4 is 35.1 Å². The number of amides is 1. The van der Waals surface area contributed by atoms with Crippen molar-refractivity contribution in [2.45, 2.75) is 22.8 Å². The number of fused-ring (bicyclic) bond motifs is 1. The molecule has 7 heteroatoms. The lowest BCUT2D eigenvalue weighted by molar-refractivity contribution is -0.124. The van der Waals surface area contributed by atoms with Gasteiger partial charge in [-0.2, -0.15) is 0 Å². The van der Waals surface area contributed by atoms with Gasteiger partial charge in [0.05, 0.1) is 18.8 Å². The highest BCUT2D eigenvalue weighted by Gasteiger charge is 2.22. The number of benzene rings is 2. The monoisotopic (exact) mass is 404 g/mol. The Morgan fingerprint density at radius 2 is 2.19 bits per heavy atom. The van der Waals surface area contributed by atoms with E-state index < -0.39 is 0 Å². The maximum Gasteiger partial charge on any atom is 0.224 e. The molecule has 27 heavy (non-hydrogen) atoms. The van der Waals surface area contributed by atoms with Crippen LogP contribution in [-0.2, 0) is 4.79 Å². The number of thioether (sulfide) groups is 2. The maximum absolute atomic E-state index is 12.6. The zero-order valence-corrected chi connectivity index (χ0v) is 17.1. The smallest absolute Gasteiger partial charge is 0.224 e. The number of carbonyl (C=O) groups excluding carboxylic acids is 1.